The lowest BCUT2D eigenvalue weighted by molar-refractivity contribution is 0.240. The van der Waals surface area contributed by atoms with Crippen molar-refractivity contribution in [3.63, 3.8) is 0 Å². The topological polar surface area (TPSA) is 33.5 Å². The molecule has 3 nitrogen and oxygen atoms in total. The number of nitrogens with zero attached hydrogens (tertiary/aromatic N) is 1. The highest BCUT2D eigenvalue weighted by Gasteiger charge is 2.14. The van der Waals surface area contributed by atoms with E-state index in [0.717, 1.165) is 30.6 Å². The van der Waals surface area contributed by atoms with Gasteiger partial charge in [-0.3, -0.25) is 4.90 Å². The Hall–Kier alpha value is -2.13. The maximum absolute atomic E-state index is 12.0. The molecule has 2 aromatic carbocycles. The number of benzene rings is 2. The van der Waals surface area contributed by atoms with Crippen molar-refractivity contribution in [3.8, 4) is 0 Å². The molecule has 0 amide bonds. The number of rotatable bonds is 2. The minimum absolute atomic E-state index is 0.250. The number of hydrogen-bond donors (Lipinski definition) is 0. The fraction of sp³-hybridized carbons (Fsp3) is 0.381. The molecule has 0 saturated carbocycles. The van der Waals surface area contributed by atoms with Gasteiger partial charge in [0, 0.05) is 18.0 Å². The van der Waals surface area contributed by atoms with Crippen molar-refractivity contribution < 1.29 is 4.42 Å². The Balaban J connectivity index is 1.81. The van der Waals surface area contributed by atoms with Crippen LogP contribution in [0.3, 0.4) is 0 Å². The summed E-state index contributed by atoms with van der Waals surface area (Å²) in [6.45, 7) is 3.06. The Morgan fingerprint density at radius 3 is 2.50 bits per heavy atom. The summed E-state index contributed by atoms with van der Waals surface area (Å²) in [4.78, 5) is 14.5. The molecule has 124 valence electrons. The number of likely N-dealkylation sites (tertiary alicyclic amines) is 1. The minimum Gasteiger partial charge on any atom is -0.423 e. The SMILES string of the molecule is O=c1cc(CN2CCCCCCC2)c2c(ccc3ccccc32)o1. The van der Waals surface area contributed by atoms with E-state index in [9.17, 15) is 4.79 Å². The lowest BCUT2D eigenvalue weighted by Crippen LogP contribution is -2.27. The van der Waals surface area contributed by atoms with Gasteiger partial charge >= 0.3 is 5.63 Å². The minimum atomic E-state index is -0.250. The van der Waals surface area contributed by atoms with Gasteiger partial charge in [0.05, 0.1) is 0 Å². The van der Waals surface area contributed by atoms with Gasteiger partial charge in [-0.05, 0) is 48.3 Å². The second kappa shape index (κ2) is 6.78. The van der Waals surface area contributed by atoms with Crippen molar-refractivity contribution in [1.29, 1.82) is 0 Å². The van der Waals surface area contributed by atoms with E-state index in [1.54, 1.807) is 6.07 Å². The van der Waals surface area contributed by atoms with Crippen molar-refractivity contribution in [2.75, 3.05) is 13.1 Å². The van der Waals surface area contributed by atoms with Crippen molar-refractivity contribution >= 4 is 21.7 Å². The Bertz CT molecular complexity index is 904. The maximum Gasteiger partial charge on any atom is 0.336 e. The molecule has 1 aliphatic rings. The van der Waals surface area contributed by atoms with Crippen LogP contribution in [0.1, 0.15) is 37.7 Å². The summed E-state index contributed by atoms with van der Waals surface area (Å²) >= 11 is 0. The first kappa shape index (κ1) is 15.4. The van der Waals surface area contributed by atoms with Crippen molar-refractivity contribution in [1.82, 2.24) is 4.90 Å². The molecular weight excluding hydrogens is 298 g/mol. The molecule has 0 aliphatic carbocycles. The smallest absolute Gasteiger partial charge is 0.336 e. The van der Waals surface area contributed by atoms with Gasteiger partial charge in [0.15, 0.2) is 0 Å². The van der Waals surface area contributed by atoms with Gasteiger partial charge in [0.1, 0.15) is 5.58 Å². The maximum atomic E-state index is 12.0. The quantitative estimate of drug-likeness (QED) is 0.506. The van der Waals surface area contributed by atoms with E-state index in [-0.39, 0.29) is 5.63 Å². The van der Waals surface area contributed by atoms with Gasteiger partial charge in [0.25, 0.3) is 0 Å². The molecule has 0 bridgehead atoms. The molecule has 0 spiro atoms. The summed E-state index contributed by atoms with van der Waals surface area (Å²) in [6.07, 6.45) is 6.49. The van der Waals surface area contributed by atoms with E-state index in [1.165, 1.54) is 42.9 Å². The Morgan fingerprint density at radius 1 is 0.917 bits per heavy atom. The highest BCUT2D eigenvalue weighted by molar-refractivity contribution is 6.07. The van der Waals surface area contributed by atoms with Gasteiger partial charge in [0.2, 0.25) is 0 Å². The average Bonchev–Trinajstić information content (AvgIpc) is 2.56. The van der Waals surface area contributed by atoms with Gasteiger partial charge in [-0.15, -0.1) is 0 Å². The van der Waals surface area contributed by atoms with Crippen molar-refractivity contribution in [2.24, 2.45) is 0 Å². The molecule has 1 saturated heterocycles. The van der Waals surface area contributed by atoms with Crippen LogP contribution in [0.25, 0.3) is 21.7 Å². The van der Waals surface area contributed by atoms with Gasteiger partial charge in [-0.2, -0.15) is 0 Å². The van der Waals surface area contributed by atoms with E-state index in [1.807, 2.05) is 24.3 Å². The second-order valence-electron chi connectivity index (χ2n) is 6.79. The standard InChI is InChI=1S/C21H23NO2/c23-20-14-17(15-22-12-6-2-1-3-7-13-22)21-18-9-5-4-8-16(18)10-11-19(21)24-20/h4-5,8-11,14H,1-3,6-7,12-13,15H2. The molecule has 3 heteroatoms. The lowest BCUT2D eigenvalue weighted by atomic mass is 10.0. The fourth-order valence-corrected chi connectivity index (χ4v) is 3.86. The first-order valence-corrected chi connectivity index (χ1v) is 8.98. The highest BCUT2D eigenvalue weighted by Crippen LogP contribution is 2.28. The van der Waals surface area contributed by atoms with Crippen LogP contribution in [0.15, 0.2) is 51.7 Å². The van der Waals surface area contributed by atoms with Crippen LogP contribution in [0.2, 0.25) is 0 Å². The molecule has 0 radical (unpaired) electrons. The predicted molar refractivity (Wildman–Crippen MR) is 98.4 cm³/mol. The van der Waals surface area contributed by atoms with E-state index < -0.39 is 0 Å². The van der Waals surface area contributed by atoms with E-state index >= 15 is 0 Å². The molecule has 2 heterocycles. The molecule has 0 N–H and O–H groups in total. The zero-order chi connectivity index (χ0) is 16.4. The summed E-state index contributed by atoms with van der Waals surface area (Å²) in [5, 5.41) is 3.45. The first-order chi connectivity index (χ1) is 11.8. The zero-order valence-corrected chi connectivity index (χ0v) is 14.0. The third-order valence-corrected chi connectivity index (χ3v) is 5.06. The normalized spacial score (nSPS) is 17.0. The molecule has 1 fully saturated rings. The summed E-state index contributed by atoms with van der Waals surface area (Å²) < 4.78 is 5.47. The van der Waals surface area contributed by atoms with Crippen LogP contribution in [-0.2, 0) is 6.54 Å². The highest BCUT2D eigenvalue weighted by atomic mass is 16.4. The van der Waals surface area contributed by atoms with Gasteiger partial charge in [-0.1, -0.05) is 49.6 Å². The van der Waals surface area contributed by atoms with Crippen LogP contribution in [0, 0.1) is 0 Å². The average molecular weight is 321 g/mol. The van der Waals surface area contributed by atoms with Crippen molar-refractivity contribution in [2.45, 2.75) is 38.6 Å². The molecule has 24 heavy (non-hydrogen) atoms. The van der Waals surface area contributed by atoms with Crippen LogP contribution in [0.4, 0.5) is 0 Å². The predicted octanol–water partition coefficient (Wildman–Crippen LogP) is 4.71. The number of fused-ring (bicyclic) bond motifs is 3. The van der Waals surface area contributed by atoms with E-state index in [2.05, 4.69) is 17.0 Å². The van der Waals surface area contributed by atoms with Gasteiger partial charge in [-0.25, -0.2) is 4.79 Å². The molecule has 1 aromatic heterocycles. The molecule has 0 unspecified atom stereocenters. The van der Waals surface area contributed by atoms with E-state index in [0.29, 0.717) is 5.58 Å². The van der Waals surface area contributed by atoms with Crippen molar-refractivity contribution in [3.05, 3.63) is 58.4 Å². The second-order valence-corrected chi connectivity index (χ2v) is 6.79. The first-order valence-electron chi connectivity index (χ1n) is 8.98. The summed E-state index contributed by atoms with van der Waals surface area (Å²) in [5.41, 5.74) is 1.54. The monoisotopic (exact) mass is 321 g/mol. The number of hydrogen-bond acceptors (Lipinski definition) is 3. The summed E-state index contributed by atoms with van der Waals surface area (Å²) in [6, 6.07) is 14.0. The van der Waals surface area contributed by atoms with Gasteiger partial charge < -0.3 is 4.42 Å². The third kappa shape index (κ3) is 3.09. The largest absolute Gasteiger partial charge is 0.423 e. The molecular formula is C21H23NO2. The lowest BCUT2D eigenvalue weighted by Gasteiger charge is -2.25. The molecule has 4 rings (SSSR count). The summed E-state index contributed by atoms with van der Waals surface area (Å²) in [7, 11) is 0. The van der Waals surface area contributed by atoms with Crippen LogP contribution >= 0.6 is 0 Å². The van der Waals surface area contributed by atoms with Crippen LogP contribution < -0.4 is 5.63 Å². The Kier molecular flexibility index (Phi) is 4.35. The molecule has 0 atom stereocenters. The van der Waals surface area contributed by atoms with Crippen LogP contribution in [0.5, 0.6) is 0 Å². The van der Waals surface area contributed by atoms with E-state index in [4.69, 9.17) is 4.42 Å². The third-order valence-electron chi connectivity index (χ3n) is 5.06. The fourth-order valence-electron chi connectivity index (χ4n) is 3.86. The zero-order valence-electron chi connectivity index (χ0n) is 14.0. The molecule has 1 aliphatic heterocycles. The van der Waals surface area contributed by atoms with Crippen LogP contribution in [-0.4, -0.2) is 18.0 Å². The summed E-state index contributed by atoms with van der Waals surface area (Å²) in [5.74, 6) is 0. The Labute approximate surface area is 141 Å². The Morgan fingerprint density at radius 2 is 1.67 bits per heavy atom. The molecule has 3 aromatic rings.